The number of anilines is 2. The maximum absolute atomic E-state index is 12.5. The van der Waals surface area contributed by atoms with Crippen LogP contribution in [0.3, 0.4) is 0 Å². The lowest BCUT2D eigenvalue weighted by Crippen LogP contribution is -2.11. The number of benzene rings is 3. The van der Waals surface area contributed by atoms with Gasteiger partial charge in [-0.2, -0.15) is 5.10 Å². The lowest BCUT2D eigenvalue weighted by atomic mass is 9.99. The van der Waals surface area contributed by atoms with Crippen molar-refractivity contribution in [2.45, 2.75) is 6.92 Å². The molecule has 4 rings (SSSR count). The maximum Gasteiger partial charge on any atom is 0.255 e. The van der Waals surface area contributed by atoms with Gasteiger partial charge in [0.05, 0.1) is 11.7 Å². The Morgan fingerprint density at radius 3 is 2.65 bits per heavy atom. The van der Waals surface area contributed by atoms with E-state index in [9.17, 15) is 4.79 Å². The summed E-state index contributed by atoms with van der Waals surface area (Å²) in [5.74, 6) is -0.153. The van der Waals surface area contributed by atoms with Gasteiger partial charge in [0, 0.05) is 22.3 Å². The zero-order chi connectivity index (χ0) is 18.1. The molecule has 1 amide bonds. The molecule has 0 saturated carbocycles. The van der Waals surface area contributed by atoms with E-state index in [1.54, 1.807) is 6.20 Å². The number of H-pyrrole nitrogens is 1. The van der Waals surface area contributed by atoms with Crippen molar-refractivity contribution in [1.29, 1.82) is 0 Å². The van der Waals surface area contributed by atoms with Crippen LogP contribution in [0.25, 0.3) is 22.0 Å². The van der Waals surface area contributed by atoms with Gasteiger partial charge in [0.25, 0.3) is 5.91 Å². The summed E-state index contributed by atoms with van der Waals surface area (Å²) >= 11 is 0. The number of amides is 1. The van der Waals surface area contributed by atoms with Crippen molar-refractivity contribution >= 4 is 28.2 Å². The molecule has 1 aromatic heterocycles. The first kappa shape index (κ1) is 15.9. The number of aromatic nitrogens is 2. The molecule has 0 aliphatic carbocycles. The Morgan fingerprint density at radius 1 is 1.04 bits per heavy atom. The van der Waals surface area contributed by atoms with Gasteiger partial charge in [-0.15, -0.1) is 0 Å². The molecule has 0 bridgehead atoms. The first-order valence-electron chi connectivity index (χ1n) is 8.31. The standard InChI is InChI=1S/C21H18N4O/c1-13-2-8-17(22)10-19(13)14-3-5-15(6-4-14)21(26)24-18-9-7-16-12-23-25-20(16)11-18/h2-12H,22H2,1H3,(H,23,25)(H,24,26). The third-order valence-electron chi connectivity index (χ3n) is 4.42. The molecule has 5 heteroatoms. The fourth-order valence-electron chi connectivity index (χ4n) is 2.97. The number of nitrogens with zero attached hydrogens (tertiary/aromatic N) is 1. The number of aryl methyl sites for hydroxylation is 1. The van der Waals surface area contributed by atoms with Crippen molar-refractivity contribution < 1.29 is 4.79 Å². The molecule has 0 atom stereocenters. The van der Waals surface area contributed by atoms with Crippen LogP contribution in [0.1, 0.15) is 15.9 Å². The quantitative estimate of drug-likeness (QED) is 0.483. The third-order valence-corrected chi connectivity index (χ3v) is 4.42. The monoisotopic (exact) mass is 342 g/mol. The van der Waals surface area contributed by atoms with E-state index < -0.39 is 0 Å². The van der Waals surface area contributed by atoms with E-state index in [1.165, 1.54) is 0 Å². The fourth-order valence-corrected chi connectivity index (χ4v) is 2.97. The molecule has 0 aliphatic rings. The normalized spacial score (nSPS) is 10.8. The fraction of sp³-hybridized carbons (Fsp3) is 0.0476. The SMILES string of the molecule is Cc1ccc(N)cc1-c1ccc(C(=O)Nc2ccc3cn[nH]c3c2)cc1. The molecule has 0 spiro atoms. The third kappa shape index (κ3) is 3.02. The lowest BCUT2D eigenvalue weighted by Gasteiger charge is -2.09. The van der Waals surface area contributed by atoms with Crippen LogP contribution in [0.4, 0.5) is 11.4 Å². The topological polar surface area (TPSA) is 83.8 Å². The van der Waals surface area contributed by atoms with Gasteiger partial charge in [-0.25, -0.2) is 0 Å². The van der Waals surface area contributed by atoms with Gasteiger partial charge >= 0.3 is 0 Å². The van der Waals surface area contributed by atoms with Crippen molar-refractivity contribution in [1.82, 2.24) is 10.2 Å². The van der Waals surface area contributed by atoms with Crippen LogP contribution in [-0.4, -0.2) is 16.1 Å². The van der Waals surface area contributed by atoms with Crippen LogP contribution in [0.2, 0.25) is 0 Å². The lowest BCUT2D eigenvalue weighted by molar-refractivity contribution is 0.102. The summed E-state index contributed by atoms with van der Waals surface area (Å²) in [6.45, 7) is 2.04. The van der Waals surface area contributed by atoms with Crippen molar-refractivity contribution in [3.05, 3.63) is 78.0 Å². The molecule has 3 aromatic carbocycles. The van der Waals surface area contributed by atoms with Crippen molar-refractivity contribution in [2.75, 3.05) is 11.1 Å². The average molecular weight is 342 g/mol. The average Bonchev–Trinajstić information content (AvgIpc) is 3.11. The highest BCUT2D eigenvalue weighted by Crippen LogP contribution is 2.26. The highest BCUT2D eigenvalue weighted by Gasteiger charge is 2.09. The van der Waals surface area contributed by atoms with Gasteiger partial charge in [-0.05, 0) is 66.1 Å². The van der Waals surface area contributed by atoms with Crippen LogP contribution in [0.15, 0.2) is 66.9 Å². The molecule has 4 aromatic rings. The van der Waals surface area contributed by atoms with Gasteiger partial charge in [0.1, 0.15) is 0 Å². The Morgan fingerprint density at radius 2 is 1.85 bits per heavy atom. The molecule has 0 radical (unpaired) electrons. The molecule has 4 N–H and O–H groups in total. The second-order valence-corrected chi connectivity index (χ2v) is 6.28. The Hall–Kier alpha value is -3.60. The Balaban J connectivity index is 1.56. The second-order valence-electron chi connectivity index (χ2n) is 6.28. The predicted octanol–water partition coefficient (Wildman–Crippen LogP) is 4.37. The van der Waals surface area contributed by atoms with Crippen molar-refractivity contribution in [3.8, 4) is 11.1 Å². The molecule has 26 heavy (non-hydrogen) atoms. The minimum absolute atomic E-state index is 0.153. The predicted molar refractivity (Wildman–Crippen MR) is 105 cm³/mol. The summed E-state index contributed by atoms with van der Waals surface area (Å²) in [6.07, 6.45) is 1.75. The van der Waals surface area contributed by atoms with Crippen LogP contribution in [-0.2, 0) is 0 Å². The summed E-state index contributed by atoms with van der Waals surface area (Å²) in [7, 11) is 0. The Labute approximate surface area is 150 Å². The summed E-state index contributed by atoms with van der Waals surface area (Å²) in [4.78, 5) is 12.5. The number of nitrogens with one attached hydrogen (secondary N) is 2. The molecular formula is C21H18N4O. The van der Waals surface area contributed by atoms with Gasteiger partial charge in [-0.1, -0.05) is 18.2 Å². The highest BCUT2D eigenvalue weighted by atomic mass is 16.1. The largest absolute Gasteiger partial charge is 0.399 e. The van der Waals surface area contributed by atoms with E-state index in [1.807, 2.05) is 67.6 Å². The van der Waals surface area contributed by atoms with Gasteiger partial charge in [0.15, 0.2) is 0 Å². The Kier molecular flexibility index (Phi) is 3.89. The molecule has 0 unspecified atom stereocenters. The van der Waals surface area contributed by atoms with Crippen LogP contribution >= 0.6 is 0 Å². The van der Waals surface area contributed by atoms with Crippen molar-refractivity contribution in [3.63, 3.8) is 0 Å². The number of hydrogen-bond donors (Lipinski definition) is 3. The summed E-state index contributed by atoms with van der Waals surface area (Å²) in [6, 6.07) is 19.0. The minimum atomic E-state index is -0.153. The molecule has 0 fully saturated rings. The van der Waals surface area contributed by atoms with Gasteiger partial charge in [-0.3, -0.25) is 9.89 Å². The zero-order valence-corrected chi connectivity index (χ0v) is 14.3. The Bertz CT molecular complexity index is 1100. The van der Waals surface area contributed by atoms with Crippen LogP contribution in [0.5, 0.6) is 0 Å². The summed E-state index contributed by atoms with van der Waals surface area (Å²) in [5, 5.41) is 10.8. The number of aromatic amines is 1. The van der Waals surface area contributed by atoms with Gasteiger partial charge in [0.2, 0.25) is 0 Å². The highest BCUT2D eigenvalue weighted by molar-refractivity contribution is 6.05. The van der Waals surface area contributed by atoms with E-state index in [-0.39, 0.29) is 5.91 Å². The number of fused-ring (bicyclic) bond motifs is 1. The number of nitrogens with two attached hydrogens (primary N) is 1. The molecule has 0 aliphatic heterocycles. The maximum atomic E-state index is 12.5. The van der Waals surface area contributed by atoms with E-state index in [0.29, 0.717) is 5.56 Å². The molecule has 1 heterocycles. The molecular weight excluding hydrogens is 324 g/mol. The molecule has 0 saturated heterocycles. The van der Waals surface area contributed by atoms with E-state index in [4.69, 9.17) is 5.73 Å². The van der Waals surface area contributed by atoms with Crippen molar-refractivity contribution in [2.24, 2.45) is 0 Å². The first-order chi connectivity index (χ1) is 12.6. The zero-order valence-electron chi connectivity index (χ0n) is 14.3. The van der Waals surface area contributed by atoms with E-state index >= 15 is 0 Å². The van der Waals surface area contributed by atoms with Crippen LogP contribution < -0.4 is 11.1 Å². The first-order valence-corrected chi connectivity index (χ1v) is 8.31. The number of carbonyl (C=O) groups excluding carboxylic acids is 1. The number of carbonyl (C=O) groups is 1. The summed E-state index contributed by atoms with van der Waals surface area (Å²) in [5.41, 5.74) is 12.1. The smallest absolute Gasteiger partial charge is 0.255 e. The number of rotatable bonds is 3. The molecule has 5 nitrogen and oxygen atoms in total. The van der Waals surface area contributed by atoms with Gasteiger partial charge < -0.3 is 11.1 Å². The number of nitrogen functional groups attached to an aromatic ring is 1. The minimum Gasteiger partial charge on any atom is -0.399 e. The second kappa shape index (κ2) is 6.37. The molecule has 128 valence electrons. The van der Waals surface area contributed by atoms with Crippen LogP contribution in [0, 0.1) is 6.92 Å². The summed E-state index contributed by atoms with van der Waals surface area (Å²) < 4.78 is 0. The van der Waals surface area contributed by atoms with E-state index in [0.717, 1.165) is 39.0 Å². The van der Waals surface area contributed by atoms with E-state index in [2.05, 4.69) is 15.5 Å². The number of hydrogen-bond acceptors (Lipinski definition) is 3.